The molecular weight excluding hydrogens is 214 g/mol. The fourth-order valence-electron chi connectivity index (χ4n) is 1.30. The van der Waals surface area contributed by atoms with Gasteiger partial charge in [0.05, 0.1) is 6.42 Å². The zero-order valence-corrected chi connectivity index (χ0v) is 9.10. The second-order valence-corrected chi connectivity index (χ2v) is 3.16. The highest BCUT2D eigenvalue weighted by molar-refractivity contribution is 5.75. The Bertz CT molecular complexity index is 278. The lowest BCUT2D eigenvalue weighted by molar-refractivity contribution is -0.163. The van der Waals surface area contributed by atoms with Gasteiger partial charge in [-0.1, -0.05) is 12.7 Å². The maximum Gasteiger partial charge on any atom is 0.407 e. The zero-order valence-electron chi connectivity index (χ0n) is 9.10. The minimum absolute atomic E-state index is 0.0911. The molecule has 6 nitrogen and oxygen atoms in total. The van der Waals surface area contributed by atoms with Crippen LogP contribution >= 0.6 is 0 Å². The van der Waals surface area contributed by atoms with Gasteiger partial charge in [-0.15, -0.1) is 0 Å². The van der Waals surface area contributed by atoms with E-state index in [1.54, 1.807) is 6.92 Å². The molecule has 1 rings (SSSR count). The van der Waals surface area contributed by atoms with E-state index in [1.165, 1.54) is 6.08 Å². The minimum Gasteiger partial charge on any atom is -0.445 e. The lowest BCUT2D eigenvalue weighted by Crippen LogP contribution is -2.41. The number of carbonyl (C=O) groups excluding carboxylic acids is 2. The minimum atomic E-state index is -0.728. The molecule has 1 fully saturated rings. The van der Waals surface area contributed by atoms with Crippen LogP contribution in [0.25, 0.3) is 0 Å². The molecule has 1 N–H and O–H groups in total. The van der Waals surface area contributed by atoms with Crippen LogP contribution in [0.1, 0.15) is 13.3 Å². The van der Waals surface area contributed by atoms with Crippen molar-refractivity contribution in [1.82, 2.24) is 5.32 Å². The summed E-state index contributed by atoms with van der Waals surface area (Å²) in [5, 5.41) is 2.50. The average molecular weight is 229 g/mol. The third kappa shape index (κ3) is 3.54. The van der Waals surface area contributed by atoms with Crippen LogP contribution in [0, 0.1) is 0 Å². The smallest absolute Gasteiger partial charge is 0.407 e. The molecule has 1 aliphatic rings. The summed E-state index contributed by atoms with van der Waals surface area (Å²) in [5.74, 6) is -0.396. The van der Waals surface area contributed by atoms with E-state index in [1.807, 2.05) is 0 Å². The van der Waals surface area contributed by atoms with E-state index in [9.17, 15) is 9.59 Å². The Morgan fingerprint density at radius 3 is 3.12 bits per heavy atom. The predicted molar refractivity (Wildman–Crippen MR) is 54.6 cm³/mol. The molecule has 0 radical (unpaired) electrons. The topological polar surface area (TPSA) is 73.9 Å². The van der Waals surface area contributed by atoms with Gasteiger partial charge >= 0.3 is 12.1 Å². The Kier molecular flexibility index (Phi) is 4.78. The molecule has 16 heavy (non-hydrogen) atoms. The van der Waals surface area contributed by atoms with Crippen LogP contribution in [0.3, 0.4) is 0 Å². The highest BCUT2D eigenvalue weighted by Gasteiger charge is 2.36. The van der Waals surface area contributed by atoms with Gasteiger partial charge in [0.15, 0.2) is 0 Å². The molecule has 2 atom stereocenters. The average Bonchev–Trinajstić information content (AvgIpc) is 2.56. The van der Waals surface area contributed by atoms with Gasteiger partial charge in [-0.3, -0.25) is 4.79 Å². The Morgan fingerprint density at radius 2 is 2.50 bits per heavy atom. The second-order valence-electron chi connectivity index (χ2n) is 3.16. The van der Waals surface area contributed by atoms with E-state index in [4.69, 9.17) is 14.2 Å². The fourth-order valence-corrected chi connectivity index (χ4v) is 1.30. The number of alkyl carbamates (subject to hydrolysis) is 1. The molecule has 1 saturated heterocycles. The molecule has 0 aromatic rings. The van der Waals surface area contributed by atoms with Gasteiger partial charge in [0.25, 0.3) is 0 Å². The Morgan fingerprint density at radius 1 is 1.75 bits per heavy atom. The van der Waals surface area contributed by atoms with Crippen LogP contribution in [0.5, 0.6) is 0 Å². The van der Waals surface area contributed by atoms with E-state index in [0.29, 0.717) is 6.61 Å². The first-order valence-electron chi connectivity index (χ1n) is 5.02. The molecule has 0 aromatic heterocycles. The molecule has 1 heterocycles. The SMILES string of the molecule is C=CCOC(=O)N[C@H]1CC(=O)OC1OCC. The number of carbonyl (C=O) groups is 2. The molecule has 0 aromatic carbocycles. The highest BCUT2D eigenvalue weighted by atomic mass is 16.7. The van der Waals surface area contributed by atoms with E-state index in [-0.39, 0.29) is 13.0 Å². The molecular formula is C10H15NO5. The van der Waals surface area contributed by atoms with Crippen molar-refractivity contribution in [2.24, 2.45) is 0 Å². The van der Waals surface area contributed by atoms with Crippen molar-refractivity contribution < 1.29 is 23.8 Å². The Balaban J connectivity index is 2.41. The summed E-state index contributed by atoms with van der Waals surface area (Å²) in [6.07, 6.45) is 0.200. The molecule has 1 unspecified atom stereocenters. The molecule has 6 heteroatoms. The van der Waals surface area contributed by atoms with Crippen molar-refractivity contribution in [3.63, 3.8) is 0 Å². The summed E-state index contributed by atoms with van der Waals surface area (Å²) in [7, 11) is 0. The van der Waals surface area contributed by atoms with Crippen molar-refractivity contribution >= 4 is 12.1 Å². The zero-order chi connectivity index (χ0) is 12.0. The quantitative estimate of drug-likeness (QED) is 0.551. The standard InChI is InChI=1S/C10H15NO5/c1-3-5-15-10(13)11-7-6-8(12)16-9(7)14-4-2/h3,7,9H,1,4-6H2,2H3,(H,11,13)/t7-,9?/m0/s1. The highest BCUT2D eigenvalue weighted by Crippen LogP contribution is 2.16. The van der Waals surface area contributed by atoms with Gasteiger partial charge in [-0.05, 0) is 6.92 Å². The first-order chi connectivity index (χ1) is 7.67. The normalized spacial score (nSPS) is 23.7. The van der Waals surface area contributed by atoms with Crippen LogP contribution in [-0.2, 0) is 19.0 Å². The number of cyclic esters (lactones) is 1. The van der Waals surface area contributed by atoms with Crippen molar-refractivity contribution in [1.29, 1.82) is 0 Å². The molecule has 0 spiro atoms. The molecule has 90 valence electrons. The summed E-state index contributed by atoms with van der Waals surface area (Å²) in [5.41, 5.74) is 0. The first kappa shape index (κ1) is 12.5. The molecule has 0 aliphatic carbocycles. The second kappa shape index (κ2) is 6.12. The van der Waals surface area contributed by atoms with Gasteiger partial charge in [-0.2, -0.15) is 0 Å². The van der Waals surface area contributed by atoms with Crippen molar-refractivity contribution in [2.45, 2.75) is 25.7 Å². The van der Waals surface area contributed by atoms with Crippen LogP contribution < -0.4 is 5.32 Å². The summed E-state index contributed by atoms with van der Waals surface area (Å²) in [6.45, 7) is 5.71. The van der Waals surface area contributed by atoms with Crippen molar-refractivity contribution in [3.8, 4) is 0 Å². The number of esters is 1. The summed E-state index contributed by atoms with van der Waals surface area (Å²) in [4.78, 5) is 22.2. The number of rotatable bonds is 5. The number of amides is 1. The molecule has 0 saturated carbocycles. The number of nitrogens with one attached hydrogen (secondary N) is 1. The van der Waals surface area contributed by atoms with E-state index in [0.717, 1.165) is 0 Å². The van der Waals surface area contributed by atoms with Gasteiger partial charge in [-0.25, -0.2) is 4.79 Å². The summed E-state index contributed by atoms with van der Waals surface area (Å²) in [6, 6.07) is -0.496. The monoisotopic (exact) mass is 229 g/mol. The third-order valence-electron chi connectivity index (χ3n) is 1.93. The molecule has 1 aliphatic heterocycles. The molecule has 1 amide bonds. The van der Waals surface area contributed by atoms with Gasteiger partial charge in [0.2, 0.25) is 6.29 Å². The Labute approximate surface area is 93.5 Å². The molecule has 0 bridgehead atoms. The third-order valence-corrected chi connectivity index (χ3v) is 1.93. The van der Waals surface area contributed by atoms with Crippen LogP contribution in [-0.4, -0.2) is 37.6 Å². The van der Waals surface area contributed by atoms with Crippen molar-refractivity contribution in [2.75, 3.05) is 13.2 Å². The number of hydrogen-bond acceptors (Lipinski definition) is 5. The lowest BCUT2D eigenvalue weighted by atomic mass is 10.2. The van der Waals surface area contributed by atoms with Gasteiger partial charge < -0.3 is 19.5 Å². The number of hydrogen-bond donors (Lipinski definition) is 1. The predicted octanol–water partition coefficient (Wildman–Crippen LogP) is 0.577. The van der Waals surface area contributed by atoms with E-state index >= 15 is 0 Å². The van der Waals surface area contributed by atoms with E-state index < -0.39 is 24.4 Å². The lowest BCUT2D eigenvalue weighted by Gasteiger charge is -2.17. The Hall–Kier alpha value is -1.56. The maximum absolute atomic E-state index is 11.2. The van der Waals surface area contributed by atoms with Crippen LogP contribution in [0.4, 0.5) is 4.79 Å². The fraction of sp³-hybridized carbons (Fsp3) is 0.600. The van der Waals surface area contributed by atoms with Gasteiger partial charge in [0, 0.05) is 6.61 Å². The van der Waals surface area contributed by atoms with Crippen LogP contribution in [0.15, 0.2) is 12.7 Å². The summed E-state index contributed by atoms with van der Waals surface area (Å²) >= 11 is 0. The summed E-state index contributed by atoms with van der Waals surface area (Å²) < 4.78 is 14.8. The largest absolute Gasteiger partial charge is 0.445 e. The maximum atomic E-state index is 11.2. The number of ether oxygens (including phenoxy) is 3. The first-order valence-corrected chi connectivity index (χ1v) is 5.02. The van der Waals surface area contributed by atoms with E-state index in [2.05, 4.69) is 11.9 Å². The van der Waals surface area contributed by atoms with Gasteiger partial charge in [0.1, 0.15) is 12.6 Å². The van der Waals surface area contributed by atoms with Crippen LogP contribution in [0.2, 0.25) is 0 Å². The van der Waals surface area contributed by atoms with Crippen molar-refractivity contribution in [3.05, 3.63) is 12.7 Å².